The SMILES string of the molecule is COc1cc(C)c(S(=O)(=O)NC(c2ccccc2)c2ccccc2)cc1C(C)C. The van der Waals surface area contributed by atoms with Crippen LogP contribution in [-0.4, -0.2) is 15.5 Å². The van der Waals surface area contributed by atoms with E-state index in [0.717, 1.165) is 16.7 Å². The first-order chi connectivity index (χ1) is 13.8. The fourth-order valence-corrected chi connectivity index (χ4v) is 4.91. The van der Waals surface area contributed by atoms with E-state index in [4.69, 9.17) is 4.74 Å². The highest BCUT2D eigenvalue weighted by molar-refractivity contribution is 7.89. The average Bonchev–Trinajstić information content (AvgIpc) is 2.72. The zero-order chi connectivity index (χ0) is 21.0. The van der Waals surface area contributed by atoms with E-state index in [9.17, 15) is 8.42 Å². The third-order valence-corrected chi connectivity index (χ3v) is 6.54. The molecule has 4 nitrogen and oxygen atoms in total. The zero-order valence-electron chi connectivity index (χ0n) is 17.2. The van der Waals surface area contributed by atoms with Gasteiger partial charge >= 0.3 is 0 Å². The van der Waals surface area contributed by atoms with Gasteiger partial charge in [-0.15, -0.1) is 0 Å². The lowest BCUT2D eigenvalue weighted by Crippen LogP contribution is -2.30. The summed E-state index contributed by atoms with van der Waals surface area (Å²) in [5, 5.41) is 0. The molecule has 3 aromatic rings. The van der Waals surface area contributed by atoms with Gasteiger partial charge in [0.25, 0.3) is 0 Å². The van der Waals surface area contributed by atoms with E-state index >= 15 is 0 Å². The highest BCUT2D eigenvalue weighted by Crippen LogP contribution is 2.33. The van der Waals surface area contributed by atoms with E-state index in [1.807, 2.05) is 74.5 Å². The number of rotatable bonds is 7. The standard InChI is InChI=1S/C24H27NO3S/c1-17(2)21-16-23(18(3)15-22(21)28-4)29(26,27)25-24(19-11-7-5-8-12-19)20-13-9-6-10-14-20/h5-17,24-25H,1-4H3. The van der Waals surface area contributed by atoms with Crippen molar-refractivity contribution in [3.05, 3.63) is 95.1 Å². The molecule has 0 bridgehead atoms. The van der Waals surface area contributed by atoms with Crippen LogP contribution in [-0.2, 0) is 10.0 Å². The van der Waals surface area contributed by atoms with Crippen molar-refractivity contribution < 1.29 is 13.2 Å². The van der Waals surface area contributed by atoms with Crippen molar-refractivity contribution in [1.82, 2.24) is 4.72 Å². The van der Waals surface area contributed by atoms with Crippen molar-refractivity contribution >= 4 is 10.0 Å². The molecule has 0 aliphatic carbocycles. The van der Waals surface area contributed by atoms with Crippen LogP contribution in [0.15, 0.2) is 77.7 Å². The summed E-state index contributed by atoms with van der Waals surface area (Å²) in [5.74, 6) is 0.845. The normalized spacial score (nSPS) is 11.8. The van der Waals surface area contributed by atoms with Crippen molar-refractivity contribution in [3.8, 4) is 5.75 Å². The van der Waals surface area contributed by atoms with Gasteiger partial charge in [0.15, 0.2) is 0 Å². The first-order valence-corrected chi connectivity index (χ1v) is 11.1. The number of ether oxygens (including phenoxy) is 1. The summed E-state index contributed by atoms with van der Waals surface area (Å²) >= 11 is 0. The molecule has 0 radical (unpaired) electrons. The number of sulfonamides is 1. The minimum absolute atomic E-state index is 0.138. The molecule has 3 aromatic carbocycles. The molecule has 0 heterocycles. The van der Waals surface area contributed by atoms with Crippen LogP contribution in [0.5, 0.6) is 5.75 Å². The molecular weight excluding hydrogens is 382 g/mol. The second-order valence-electron chi connectivity index (χ2n) is 7.39. The molecule has 0 spiro atoms. The van der Waals surface area contributed by atoms with Crippen molar-refractivity contribution in [2.24, 2.45) is 0 Å². The summed E-state index contributed by atoms with van der Waals surface area (Å²) in [6.45, 7) is 5.84. The van der Waals surface area contributed by atoms with E-state index < -0.39 is 16.1 Å². The molecule has 0 saturated carbocycles. The Morgan fingerprint density at radius 1 is 0.862 bits per heavy atom. The quantitative estimate of drug-likeness (QED) is 0.584. The van der Waals surface area contributed by atoms with Gasteiger partial charge < -0.3 is 4.74 Å². The summed E-state index contributed by atoms with van der Waals surface area (Å²) in [6, 6.07) is 22.3. The fourth-order valence-electron chi connectivity index (χ4n) is 3.43. The molecule has 0 aromatic heterocycles. The number of hydrogen-bond donors (Lipinski definition) is 1. The summed E-state index contributed by atoms with van der Waals surface area (Å²) in [5.41, 5.74) is 3.29. The molecule has 0 unspecified atom stereocenters. The van der Waals surface area contributed by atoms with Gasteiger partial charge in [-0.25, -0.2) is 8.42 Å². The van der Waals surface area contributed by atoms with E-state index in [0.29, 0.717) is 11.3 Å². The van der Waals surface area contributed by atoms with Crippen molar-refractivity contribution in [2.45, 2.75) is 37.6 Å². The molecule has 0 saturated heterocycles. The first kappa shape index (κ1) is 21.1. The van der Waals surface area contributed by atoms with Crippen LogP contribution in [0.3, 0.4) is 0 Å². The van der Waals surface area contributed by atoms with E-state index in [2.05, 4.69) is 4.72 Å². The van der Waals surface area contributed by atoms with Crippen LogP contribution < -0.4 is 9.46 Å². The number of aryl methyl sites for hydroxylation is 1. The molecule has 29 heavy (non-hydrogen) atoms. The molecule has 152 valence electrons. The third-order valence-electron chi connectivity index (χ3n) is 4.98. The second-order valence-corrected chi connectivity index (χ2v) is 9.07. The van der Waals surface area contributed by atoms with Gasteiger partial charge in [0.2, 0.25) is 10.0 Å². The molecule has 3 rings (SSSR count). The van der Waals surface area contributed by atoms with Gasteiger partial charge in [-0.2, -0.15) is 4.72 Å². The summed E-state index contributed by atoms with van der Waals surface area (Å²) < 4.78 is 35.2. The Balaban J connectivity index is 2.07. The van der Waals surface area contributed by atoms with Crippen molar-refractivity contribution in [1.29, 1.82) is 0 Å². The Bertz CT molecular complexity index is 1020. The Hall–Kier alpha value is -2.63. The summed E-state index contributed by atoms with van der Waals surface area (Å²) in [7, 11) is -2.17. The topological polar surface area (TPSA) is 55.4 Å². The monoisotopic (exact) mass is 409 g/mol. The van der Waals surface area contributed by atoms with E-state index in [1.165, 1.54) is 0 Å². The number of hydrogen-bond acceptors (Lipinski definition) is 3. The third kappa shape index (κ3) is 4.69. The van der Waals surface area contributed by atoms with E-state index in [1.54, 1.807) is 26.2 Å². The number of benzene rings is 3. The fraction of sp³-hybridized carbons (Fsp3) is 0.250. The van der Waals surface area contributed by atoms with Gasteiger partial charge in [-0.05, 0) is 47.2 Å². The van der Waals surface area contributed by atoms with Crippen LogP contribution >= 0.6 is 0 Å². The van der Waals surface area contributed by atoms with Gasteiger partial charge in [0.1, 0.15) is 5.75 Å². The highest BCUT2D eigenvalue weighted by Gasteiger charge is 2.26. The van der Waals surface area contributed by atoms with Gasteiger partial charge in [-0.3, -0.25) is 0 Å². The van der Waals surface area contributed by atoms with Crippen molar-refractivity contribution in [2.75, 3.05) is 7.11 Å². The molecule has 0 aliphatic heterocycles. The van der Waals surface area contributed by atoms with Crippen LogP contribution in [0.25, 0.3) is 0 Å². The molecule has 0 aliphatic rings. The second kappa shape index (κ2) is 8.80. The molecule has 0 atom stereocenters. The summed E-state index contributed by atoms with van der Waals surface area (Å²) in [4.78, 5) is 0.277. The lowest BCUT2D eigenvalue weighted by molar-refractivity contribution is 0.406. The molecule has 1 N–H and O–H groups in total. The van der Waals surface area contributed by atoms with Gasteiger partial charge in [0.05, 0.1) is 18.0 Å². The number of methoxy groups -OCH3 is 1. The maximum Gasteiger partial charge on any atom is 0.241 e. The molecule has 0 amide bonds. The van der Waals surface area contributed by atoms with Crippen LogP contribution in [0.1, 0.15) is 48.1 Å². The zero-order valence-corrected chi connectivity index (χ0v) is 18.0. The average molecular weight is 410 g/mol. The largest absolute Gasteiger partial charge is 0.496 e. The maximum atomic E-state index is 13.4. The highest BCUT2D eigenvalue weighted by atomic mass is 32.2. The molecule has 0 fully saturated rings. The molecule has 5 heteroatoms. The minimum atomic E-state index is -3.77. The Kier molecular flexibility index (Phi) is 6.40. The van der Waals surface area contributed by atoms with Gasteiger partial charge in [-0.1, -0.05) is 74.5 Å². The lowest BCUT2D eigenvalue weighted by Gasteiger charge is -2.22. The van der Waals surface area contributed by atoms with E-state index in [-0.39, 0.29) is 10.8 Å². The van der Waals surface area contributed by atoms with Crippen LogP contribution in [0, 0.1) is 6.92 Å². The van der Waals surface area contributed by atoms with Crippen molar-refractivity contribution in [3.63, 3.8) is 0 Å². The maximum absolute atomic E-state index is 13.4. The minimum Gasteiger partial charge on any atom is -0.496 e. The predicted octanol–water partition coefficient (Wildman–Crippen LogP) is 5.19. The van der Waals surface area contributed by atoms with Crippen LogP contribution in [0.4, 0.5) is 0 Å². The summed E-state index contributed by atoms with van der Waals surface area (Å²) in [6.07, 6.45) is 0. The van der Waals surface area contributed by atoms with Crippen LogP contribution in [0.2, 0.25) is 0 Å². The van der Waals surface area contributed by atoms with Gasteiger partial charge in [0, 0.05) is 0 Å². The Morgan fingerprint density at radius 3 is 1.83 bits per heavy atom. The predicted molar refractivity (Wildman–Crippen MR) is 117 cm³/mol. The number of nitrogens with one attached hydrogen (secondary N) is 1. The Labute approximate surface area is 173 Å². The smallest absolute Gasteiger partial charge is 0.241 e. The Morgan fingerprint density at radius 2 is 1.38 bits per heavy atom. The molecular formula is C24H27NO3S. The first-order valence-electron chi connectivity index (χ1n) is 9.64. The lowest BCUT2D eigenvalue weighted by atomic mass is 10.00.